The third-order valence-electron chi connectivity index (χ3n) is 1.31. The number of nitrogens with one attached hydrogen (secondary N) is 1. The number of hydrogen-bond acceptors (Lipinski definition) is 2. The Morgan fingerprint density at radius 2 is 2.08 bits per heavy atom. The molecule has 0 fully saturated rings. The molecule has 0 aromatic carbocycles. The van der Waals surface area contributed by atoms with E-state index in [0.717, 1.165) is 0 Å². The second kappa shape index (κ2) is 6.45. The Morgan fingerprint density at radius 1 is 1.46 bits per heavy atom. The average Bonchev–Trinajstić information content (AvgIpc) is 1.97. The van der Waals surface area contributed by atoms with Crippen LogP contribution in [0, 0.1) is 0 Å². The second-order valence-corrected chi connectivity index (χ2v) is 3.25. The zero-order chi connectivity index (χ0) is 10.3. The van der Waals surface area contributed by atoms with Crippen molar-refractivity contribution in [2.75, 3.05) is 26.8 Å². The molecule has 2 nitrogen and oxygen atoms in total. The van der Waals surface area contributed by atoms with Crippen LogP contribution in [0.1, 0.15) is 6.42 Å². The number of rotatable bonds is 6. The molecule has 0 aromatic rings. The lowest BCUT2D eigenvalue weighted by atomic mass is 10.3. The first kappa shape index (κ1) is 13.0. The molecule has 0 aromatic heterocycles. The van der Waals surface area contributed by atoms with Crippen LogP contribution in [0.15, 0.2) is 0 Å². The topological polar surface area (TPSA) is 21.3 Å². The molecule has 0 rings (SSSR count). The summed E-state index contributed by atoms with van der Waals surface area (Å²) in [7, 11) is 1.50. The molecule has 0 aliphatic carbocycles. The van der Waals surface area contributed by atoms with Crippen molar-refractivity contribution in [3.8, 4) is 0 Å². The van der Waals surface area contributed by atoms with Crippen molar-refractivity contribution in [1.29, 1.82) is 0 Å². The summed E-state index contributed by atoms with van der Waals surface area (Å²) in [4.78, 5) is 0. The van der Waals surface area contributed by atoms with Crippen molar-refractivity contribution < 1.29 is 17.9 Å². The van der Waals surface area contributed by atoms with Gasteiger partial charge in [0.1, 0.15) is 0 Å². The van der Waals surface area contributed by atoms with Crippen LogP contribution in [0.4, 0.5) is 13.2 Å². The maximum absolute atomic E-state index is 11.6. The van der Waals surface area contributed by atoms with Crippen molar-refractivity contribution in [3.63, 3.8) is 0 Å². The largest absolute Gasteiger partial charge is 0.401 e. The van der Waals surface area contributed by atoms with E-state index >= 15 is 0 Å². The van der Waals surface area contributed by atoms with E-state index < -0.39 is 12.7 Å². The Morgan fingerprint density at radius 3 is 2.54 bits per heavy atom. The third kappa shape index (κ3) is 9.92. The smallest absolute Gasteiger partial charge is 0.383 e. The molecule has 1 unspecified atom stereocenters. The fraction of sp³-hybridized carbons (Fsp3) is 1.00. The maximum Gasteiger partial charge on any atom is 0.401 e. The molecule has 6 heteroatoms. The number of ether oxygens (including phenoxy) is 1. The lowest BCUT2D eigenvalue weighted by Crippen LogP contribution is -2.30. The summed E-state index contributed by atoms with van der Waals surface area (Å²) in [5, 5.41) is 2.02. The monoisotopic (exact) mass is 219 g/mol. The molecule has 80 valence electrons. The fourth-order valence-corrected chi connectivity index (χ4v) is 0.988. The van der Waals surface area contributed by atoms with Crippen molar-refractivity contribution >= 4 is 11.6 Å². The molecule has 0 saturated heterocycles. The Bertz CT molecular complexity index is 131. The van der Waals surface area contributed by atoms with Crippen LogP contribution < -0.4 is 5.32 Å². The molecule has 0 radical (unpaired) electrons. The van der Waals surface area contributed by atoms with Gasteiger partial charge in [-0.25, -0.2) is 0 Å². The van der Waals surface area contributed by atoms with E-state index in [4.69, 9.17) is 16.3 Å². The molecule has 0 aliphatic rings. The molecule has 0 saturated carbocycles. The summed E-state index contributed by atoms with van der Waals surface area (Å²) < 4.78 is 39.5. The van der Waals surface area contributed by atoms with Gasteiger partial charge in [0, 0.05) is 7.11 Å². The predicted molar refractivity (Wildman–Crippen MR) is 45.1 cm³/mol. The molecular weight excluding hydrogens is 207 g/mol. The van der Waals surface area contributed by atoms with E-state index in [1.807, 2.05) is 0 Å². The minimum atomic E-state index is -4.15. The van der Waals surface area contributed by atoms with Gasteiger partial charge in [0.05, 0.1) is 18.5 Å². The van der Waals surface area contributed by atoms with E-state index in [-0.39, 0.29) is 11.9 Å². The molecular formula is C7H13ClF3NO. The van der Waals surface area contributed by atoms with Crippen LogP contribution in [0.25, 0.3) is 0 Å². The van der Waals surface area contributed by atoms with Crippen molar-refractivity contribution in [1.82, 2.24) is 5.32 Å². The molecule has 0 amide bonds. The molecule has 0 spiro atoms. The first-order chi connectivity index (χ1) is 5.95. The van der Waals surface area contributed by atoms with Gasteiger partial charge in [-0.15, -0.1) is 11.6 Å². The Balaban J connectivity index is 3.25. The number of methoxy groups -OCH3 is 1. The van der Waals surface area contributed by atoms with Crippen LogP contribution in [0.3, 0.4) is 0 Å². The summed E-state index contributed by atoms with van der Waals surface area (Å²) in [6, 6.07) is 0. The van der Waals surface area contributed by atoms with Crippen molar-refractivity contribution in [2.24, 2.45) is 0 Å². The SMILES string of the molecule is COCC(Cl)CCNCC(F)(F)F. The van der Waals surface area contributed by atoms with Gasteiger partial charge in [0.25, 0.3) is 0 Å². The lowest BCUT2D eigenvalue weighted by Gasteiger charge is -2.10. The van der Waals surface area contributed by atoms with Crippen LogP contribution in [0.2, 0.25) is 0 Å². The molecule has 0 aliphatic heterocycles. The van der Waals surface area contributed by atoms with Crippen molar-refractivity contribution in [3.05, 3.63) is 0 Å². The van der Waals surface area contributed by atoms with Gasteiger partial charge in [0.15, 0.2) is 0 Å². The van der Waals surface area contributed by atoms with E-state index in [2.05, 4.69) is 5.32 Å². The molecule has 0 bridgehead atoms. The summed E-state index contributed by atoms with van der Waals surface area (Å²) in [5.74, 6) is 0. The van der Waals surface area contributed by atoms with Crippen LogP contribution >= 0.6 is 11.6 Å². The summed E-state index contributed by atoms with van der Waals surface area (Å²) in [5.41, 5.74) is 0. The van der Waals surface area contributed by atoms with Gasteiger partial charge >= 0.3 is 6.18 Å². The van der Waals surface area contributed by atoms with Gasteiger partial charge in [-0.05, 0) is 13.0 Å². The second-order valence-electron chi connectivity index (χ2n) is 2.63. The Labute approximate surface area is 80.4 Å². The summed E-state index contributed by atoms with van der Waals surface area (Å²) >= 11 is 5.68. The lowest BCUT2D eigenvalue weighted by molar-refractivity contribution is -0.124. The highest BCUT2D eigenvalue weighted by Crippen LogP contribution is 2.12. The normalized spacial score (nSPS) is 14.5. The van der Waals surface area contributed by atoms with Gasteiger partial charge in [0.2, 0.25) is 0 Å². The highest BCUT2D eigenvalue weighted by Gasteiger charge is 2.25. The molecule has 0 heterocycles. The number of hydrogen-bond donors (Lipinski definition) is 1. The minimum Gasteiger partial charge on any atom is -0.383 e. The third-order valence-corrected chi connectivity index (χ3v) is 1.65. The Hall–Kier alpha value is -0.0000000000000000555. The number of alkyl halides is 4. The Kier molecular flexibility index (Phi) is 6.45. The highest BCUT2D eigenvalue weighted by atomic mass is 35.5. The van der Waals surface area contributed by atoms with Gasteiger partial charge in [-0.1, -0.05) is 0 Å². The molecule has 1 N–H and O–H groups in total. The van der Waals surface area contributed by atoms with Crippen LogP contribution in [0.5, 0.6) is 0 Å². The number of halogens is 4. The average molecular weight is 220 g/mol. The van der Waals surface area contributed by atoms with Gasteiger partial charge in [-0.2, -0.15) is 13.2 Å². The van der Waals surface area contributed by atoms with E-state index in [1.165, 1.54) is 7.11 Å². The van der Waals surface area contributed by atoms with E-state index in [1.54, 1.807) is 0 Å². The first-order valence-corrected chi connectivity index (χ1v) is 4.30. The van der Waals surface area contributed by atoms with E-state index in [9.17, 15) is 13.2 Å². The maximum atomic E-state index is 11.6. The predicted octanol–water partition coefficient (Wildman–Crippen LogP) is 1.78. The standard InChI is InChI=1S/C7H13ClF3NO/c1-13-4-6(8)2-3-12-5-7(9,10)11/h6,12H,2-5H2,1H3. The van der Waals surface area contributed by atoms with Crippen molar-refractivity contribution in [2.45, 2.75) is 18.0 Å². The zero-order valence-electron chi connectivity index (χ0n) is 7.33. The van der Waals surface area contributed by atoms with Gasteiger partial charge < -0.3 is 10.1 Å². The van der Waals surface area contributed by atoms with Crippen LogP contribution in [-0.4, -0.2) is 38.4 Å². The minimum absolute atomic E-state index is 0.231. The zero-order valence-corrected chi connectivity index (χ0v) is 8.08. The highest BCUT2D eigenvalue weighted by molar-refractivity contribution is 6.20. The quantitative estimate of drug-likeness (QED) is 0.543. The molecule has 13 heavy (non-hydrogen) atoms. The summed E-state index contributed by atoms with van der Waals surface area (Å²) in [6.45, 7) is -0.365. The van der Waals surface area contributed by atoms with Gasteiger partial charge in [-0.3, -0.25) is 0 Å². The first-order valence-electron chi connectivity index (χ1n) is 3.86. The fourth-order valence-electron chi connectivity index (χ4n) is 0.753. The van der Waals surface area contributed by atoms with E-state index in [0.29, 0.717) is 13.0 Å². The summed E-state index contributed by atoms with van der Waals surface area (Å²) in [6.07, 6.45) is -3.69. The molecule has 1 atom stereocenters. The van der Waals surface area contributed by atoms with Crippen LogP contribution in [-0.2, 0) is 4.74 Å².